The fourth-order valence-corrected chi connectivity index (χ4v) is 3.93. The van der Waals surface area contributed by atoms with Crippen LogP contribution >= 0.6 is 0 Å². The van der Waals surface area contributed by atoms with E-state index in [1.54, 1.807) is 11.0 Å². The van der Waals surface area contributed by atoms with Crippen LogP contribution in [0.5, 0.6) is 0 Å². The number of carbonyl (C=O) groups excluding carboxylic acids is 1. The molecule has 3 atom stereocenters. The van der Waals surface area contributed by atoms with Crippen LogP contribution in [0.2, 0.25) is 0 Å². The van der Waals surface area contributed by atoms with E-state index in [1.807, 2.05) is 24.6 Å². The van der Waals surface area contributed by atoms with Crippen molar-refractivity contribution < 1.29 is 14.7 Å². The summed E-state index contributed by atoms with van der Waals surface area (Å²) in [6, 6.07) is 3.13. The van der Waals surface area contributed by atoms with Gasteiger partial charge in [-0.25, -0.2) is 4.79 Å². The molecule has 1 N–H and O–H groups in total. The van der Waals surface area contributed by atoms with Gasteiger partial charge in [-0.1, -0.05) is 12.8 Å². The average Bonchev–Trinajstić information content (AvgIpc) is 3.00. The van der Waals surface area contributed by atoms with Gasteiger partial charge in [0.15, 0.2) is 0 Å². The molecule has 0 radical (unpaired) electrons. The molecule has 5 nitrogen and oxygen atoms in total. The number of hydrogen-bond donors (Lipinski definition) is 1. The molecule has 0 bridgehead atoms. The molecule has 1 aromatic rings. The van der Waals surface area contributed by atoms with Crippen molar-refractivity contribution in [1.82, 2.24) is 9.47 Å². The maximum absolute atomic E-state index is 12.9. The van der Waals surface area contributed by atoms with E-state index in [0.717, 1.165) is 31.4 Å². The number of likely N-dealkylation sites (tertiary alicyclic amines) is 1. The van der Waals surface area contributed by atoms with Crippen molar-refractivity contribution in [2.45, 2.75) is 51.1 Å². The Morgan fingerprint density at radius 1 is 1.24 bits per heavy atom. The SMILES string of the molecule is Cc1ccc(C(=O)N2[C@@H]3CCCC[C@H]3C[C@H]2C(=O)O)n1C. The molecule has 0 unspecified atom stereocenters. The number of fused-ring (bicyclic) bond motifs is 1. The minimum Gasteiger partial charge on any atom is -0.480 e. The van der Waals surface area contributed by atoms with Crippen LogP contribution in [0.25, 0.3) is 0 Å². The zero-order valence-corrected chi connectivity index (χ0v) is 12.6. The molecule has 0 spiro atoms. The second-order valence-electron chi connectivity index (χ2n) is 6.33. The third-order valence-corrected chi connectivity index (χ3v) is 5.20. The highest BCUT2D eigenvalue weighted by Gasteiger charge is 2.48. The number of amides is 1. The van der Waals surface area contributed by atoms with Crippen molar-refractivity contribution in [2.75, 3.05) is 0 Å². The van der Waals surface area contributed by atoms with Crippen LogP contribution in [0.4, 0.5) is 0 Å². The molecule has 3 rings (SSSR count). The summed E-state index contributed by atoms with van der Waals surface area (Å²) >= 11 is 0. The summed E-state index contributed by atoms with van der Waals surface area (Å²) in [4.78, 5) is 26.1. The lowest BCUT2D eigenvalue weighted by molar-refractivity contribution is -0.141. The molecule has 2 fully saturated rings. The van der Waals surface area contributed by atoms with Crippen LogP contribution in [0.15, 0.2) is 12.1 Å². The standard InChI is InChI=1S/C16H22N2O3/c1-10-7-8-13(17(10)2)15(19)18-12-6-4-3-5-11(12)9-14(18)16(20)21/h7-8,11-12,14H,3-6,9H2,1-2H3,(H,20,21)/t11-,12+,14-/m0/s1. The Hall–Kier alpha value is -1.78. The third kappa shape index (κ3) is 2.24. The second-order valence-corrected chi connectivity index (χ2v) is 6.33. The van der Waals surface area contributed by atoms with E-state index in [0.29, 0.717) is 18.0 Å². The number of nitrogens with zero attached hydrogens (tertiary/aromatic N) is 2. The van der Waals surface area contributed by atoms with Gasteiger partial charge in [0.05, 0.1) is 0 Å². The molecule has 0 aromatic carbocycles. The van der Waals surface area contributed by atoms with E-state index in [2.05, 4.69) is 0 Å². The molecule has 2 aliphatic rings. The van der Waals surface area contributed by atoms with Gasteiger partial charge >= 0.3 is 5.97 Å². The lowest BCUT2D eigenvalue weighted by atomic mass is 9.84. The maximum atomic E-state index is 12.9. The summed E-state index contributed by atoms with van der Waals surface area (Å²) in [7, 11) is 1.85. The molecule has 1 saturated carbocycles. The quantitative estimate of drug-likeness (QED) is 0.908. The Morgan fingerprint density at radius 3 is 2.57 bits per heavy atom. The van der Waals surface area contributed by atoms with Gasteiger partial charge in [-0.2, -0.15) is 0 Å². The monoisotopic (exact) mass is 290 g/mol. The molecule has 1 saturated heterocycles. The number of hydrogen-bond acceptors (Lipinski definition) is 2. The van der Waals surface area contributed by atoms with E-state index >= 15 is 0 Å². The predicted octanol–water partition coefficient (Wildman–Crippen LogP) is 2.19. The van der Waals surface area contributed by atoms with E-state index in [1.165, 1.54) is 0 Å². The van der Waals surface area contributed by atoms with Gasteiger partial charge < -0.3 is 14.6 Å². The number of aromatic nitrogens is 1. The van der Waals surface area contributed by atoms with Gasteiger partial charge in [0, 0.05) is 18.8 Å². The Bertz CT molecular complexity index is 578. The van der Waals surface area contributed by atoms with E-state index < -0.39 is 12.0 Å². The number of aliphatic carboxylic acids is 1. The molecule has 1 aliphatic heterocycles. The zero-order valence-electron chi connectivity index (χ0n) is 12.6. The number of carboxylic acid groups (broad SMARTS) is 1. The molecule has 1 aliphatic carbocycles. The third-order valence-electron chi connectivity index (χ3n) is 5.20. The Labute approximate surface area is 124 Å². The maximum Gasteiger partial charge on any atom is 0.326 e. The number of rotatable bonds is 2. The van der Waals surface area contributed by atoms with Crippen LogP contribution in [-0.4, -0.2) is 38.5 Å². The molecule has 21 heavy (non-hydrogen) atoms. The van der Waals surface area contributed by atoms with Gasteiger partial charge in [0.1, 0.15) is 11.7 Å². The smallest absolute Gasteiger partial charge is 0.326 e. The summed E-state index contributed by atoms with van der Waals surface area (Å²) in [6.45, 7) is 1.94. The number of aryl methyl sites for hydroxylation is 1. The van der Waals surface area contributed by atoms with Gasteiger partial charge in [0.2, 0.25) is 0 Å². The van der Waals surface area contributed by atoms with Crippen LogP contribution < -0.4 is 0 Å². The normalized spacial score (nSPS) is 28.5. The van der Waals surface area contributed by atoms with Gasteiger partial charge in [-0.15, -0.1) is 0 Å². The van der Waals surface area contributed by atoms with Crippen LogP contribution in [0, 0.1) is 12.8 Å². The molecular formula is C16H22N2O3. The van der Waals surface area contributed by atoms with Crippen molar-refractivity contribution in [3.8, 4) is 0 Å². The van der Waals surface area contributed by atoms with Gasteiger partial charge in [-0.05, 0) is 44.2 Å². The zero-order chi connectivity index (χ0) is 15.1. The second kappa shape index (κ2) is 5.20. The average molecular weight is 290 g/mol. The number of carbonyl (C=O) groups is 2. The topological polar surface area (TPSA) is 62.5 Å². The largest absolute Gasteiger partial charge is 0.480 e. The van der Waals surface area contributed by atoms with Crippen LogP contribution in [0.1, 0.15) is 48.3 Å². The Kier molecular flexibility index (Phi) is 3.51. The lowest BCUT2D eigenvalue weighted by Crippen LogP contribution is -2.46. The fourth-order valence-electron chi connectivity index (χ4n) is 3.93. The van der Waals surface area contributed by atoms with Gasteiger partial charge in [0.25, 0.3) is 5.91 Å². The molecule has 114 valence electrons. The van der Waals surface area contributed by atoms with E-state index in [-0.39, 0.29) is 11.9 Å². The molecule has 2 heterocycles. The molecule has 5 heteroatoms. The molecule has 1 amide bonds. The van der Waals surface area contributed by atoms with Crippen molar-refractivity contribution in [1.29, 1.82) is 0 Å². The van der Waals surface area contributed by atoms with Crippen LogP contribution in [0.3, 0.4) is 0 Å². The van der Waals surface area contributed by atoms with E-state index in [9.17, 15) is 14.7 Å². The summed E-state index contributed by atoms with van der Waals surface area (Å²) in [5, 5.41) is 9.50. The van der Waals surface area contributed by atoms with Crippen LogP contribution in [-0.2, 0) is 11.8 Å². The molecule has 1 aromatic heterocycles. The molecular weight excluding hydrogens is 268 g/mol. The van der Waals surface area contributed by atoms with Crippen molar-refractivity contribution >= 4 is 11.9 Å². The Balaban J connectivity index is 1.94. The minimum atomic E-state index is -0.872. The first-order chi connectivity index (χ1) is 10.0. The fraction of sp³-hybridized carbons (Fsp3) is 0.625. The summed E-state index contributed by atoms with van der Waals surface area (Å²) < 4.78 is 1.84. The first-order valence-electron chi connectivity index (χ1n) is 7.68. The number of carboxylic acids is 1. The highest BCUT2D eigenvalue weighted by atomic mass is 16.4. The van der Waals surface area contributed by atoms with Crippen molar-refractivity contribution in [3.05, 3.63) is 23.5 Å². The van der Waals surface area contributed by atoms with Crippen molar-refractivity contribution in [2.24, 2.45) is 13.0 Å². The lowest BCUT2D eigenvalue weighted by Gasteiger charge is -2.33. The highest BCUT2D eigenvalue weighted by Crippen LogP contribution is 2.40. The Morgan fingerprint density at radius 2 is 1.95 bits per heavy atom. The first kappa shape index (κ1) is 14.2. The first-order valence-corrected chi connectivity index (χ1v) is 7.68. The van der Waals surface area contributed by atoms with Gasteiger partial charge in [-0.3, -0.25) is 4.79 Å². The summed E-state index contributed by atoms with van der Waals surface area (Å²) in [5.41, 5.74) is 1.59. The van der Waals surface area contributed by atoms with E-state index in [4.69, 9.17) is 0 Å². The summed E-state index contributed by atoms with van der Waals surface area (Å²) in [6.07, 6.45) is 4.82. The highest BCUT2D eigenvalue weighted by molar-refractivity contribution is 5.96. The van der Waals surface area contributed by atoms with Crippen molar-refractivity contribution in [3.63, 3.8) is 0 Å². The summed E-state index contributed by atoms with van der Waals surface area (Å²) in [5.74, 6) is -0.652. The predicted molar refractivity (Wildman–Crippen MR) is 78.1 cm³/mol. The minimum absolute atomic E-state index is 0.0996.